The standard InChI is InChI=1S/C20H16N2O4S/c1-4-7-21-19(23)18(27-20(21)24)9-14-8-12(2)22(13(14)3)15-5-6-16-17(10-15)26-11-25-16/h1,5-6,8-10H,7,11H2,2-3H3/b18-9+. The third-order valence-corrected chi connectivity index (χ3v) is 5.40. The van der Waals surface area contributed by atoms with Gasteiger partial charge in [0.1, 0.15) is 0 Å². The van der Waals surface area contributed by atoms with Crippen LogP contribution in [-0.2, 0) is 4.79 Å². The zero-order chi connectivity index (χ0) is 19.1. The van der Waals surface area contributed by atoms with Crippen LogP contribution in [0.2, 0.25) is 0 Å². The first-order chi connectivity index (χ1) is 13.0. The number of ether oxygens (including phenoxy) is 2. The lowest BCUT2D eigenvalue weighted by Crippen LogP contribution is -2.28. The van der Waals surface area contributed by atoms with E-state index < -0.39 is 0 Å². The van der Waals surface area contributed by atoms with Crippen molar-refractivity contribution in [1.29, 1.82) is 0 Å². The molecular formula is C20H16N2O4S. The van der Waals surface area contributed by atoms with Gasteiger partial charge in [0, 0.05) is 23.1 Å². The number of imide groups is 1. The van der Waals surface area contributed by atoms with E-state index in [0.717, 1.165) is 45.1 Å². The Balaban J connectivity index is 1.71. The van der Waals surface area contributed by atoms with Crippen LogP contribution in [0, 0.1) is 26.2 Å². The largest absolute Gasteiger partial charge is 0.454 e. The van der Waals surface area contributed by atoms with Gasteiger partial charge < -0.3 is 14.0 Å². The van der Waals surface area contributed by atoms with E-state index in [2.05, 4.69) is 10.5 Å². The summed E-state index contributed by atoms with van der Waals surface area (Å²) in [6, 6.07) is 7.74. The predicted molar refractivity (Wildman–Crippen MR) is 103 cm³/mol. The van der Waals surface area contributed by atoms with E-state index in [1.54, 1.807) is 6.08 Å². The quantitative estimate of drug-likeness (QED) is 0.603. The van der Waals surface area contributed by atoms with Crippen molar-refractivity contribution in [2.24, 2.45) is 0 Å². The van der Waals surface area contributed by atoms with Crippen LogP contribution in [0.5, 0.6) is 11.5 Å². The summed E-state index contributed by atoms with van der Waals surface area (Å²) in [5.41, 5.74) is 3.77. The normalized spacial score (nSPS) is 17.1. The number of hydrogen-bond donors (Lipinski definition) is 0. The average molecular weight is 380 g/mol. The van der Waals surface area contributed by atoms with E-state index in [9.17, 15) is 9.59 Å². The second-order valence-electron chi connectivity index (χ2n) is 6.17. The molecule has 2 amide bonds. The molecule has 1 saturated heterocycles. The zero-order valence-electron chi connectivity index (χ0n) is 14.8. The van der Waals surface area contributed by atoms with E-state index in [-0.39, 0.29) is 24.5 Å². The summed E-state index contributed by atoms with van der Waals surface area (Å²) in [5, 5.41) is -0.339. The number of aromatic nitrogens is 1. The second kappa shape index (κ2) is 6.56. The minimum atomic E-state index is -0.351. The van der Waals surface area contributed by atoms with Gasteiger partial charge in [-0.2, -0.15) is 0 Å². The van der Waals surface area contributed by atoms with E-state index >= 15 is 0 Å². The van der Waals surface area contributed by atoms with Crippen molar-refractivity contribution in [3.05, 3.63) is 46.1 Å². The number of fused-ring (bicyclic) bond motifs is 1. The van der Waals surface area contributed by atoms with Crippen LogP contribution in [0.4, 0.5) is 4.79 Å². The van der Waals surface area contributed by atoms with E-state index in [1.807, 2.05) is 38.1 Å². The minimum Gasteiger partial charge on any atom is -0.454 e. The third-order valence-electron chi connectivity index (χ3n) is 4.49. The number of rotatable bonds is 3. The zero-order valence-corrected chi connectivity index (χ0v) is 15.6. The molecule has 1 aromatic heterocycles. The molecule has 2 aliphatic heterocycles. The fraction of sp³-hybridized carbons (Fsp3) is 0.200. The van der Waals surface area contributed by atoms with Gasteiger partial charge in [-0.25, -0.2) is 0 Å². The SMILES string of the molecule is C#CCN1C(=O)S/C(=C/c2cc(C)n(-c3ccc4c(c3)OCO4)c2C)C1=O. The Morgan fingerprint density at radius 3 is 2.78 bits per heavy atom. The maximum Gasteiger partial charge on any atom is 0.294 e. The molecular weight excluding hydrogens is 364 g/mol. The van der Waals surface area contributed by atoms with Crippen molar-refractivity contribution >= 4 is 29.0 Å². The first kappa shape index (κ1) is 17.3. The van der Waals surface area contributed by atoms with Crippen LogP contribution in [0.3, 0.4) is 0 Å². The molecule has 0 saturated carbocycles. The molecule has 7 heteroatoms. The second-order valence-corrected chi connectivity index (χ2v) is 7.16. The molecule has 0 radical (unpaired) electrons. The topological polar surface area (TPSA) is 60.8 Å². The van der Waals surface area contributed by atoms with Gasteiger partial charge in [0.15, 0.2) is 11.5 Å². The monoisotopic (exact) mass is 380 g/mol. The summed E-state index contributed by atoms with van der Waals surface area (Å²) >= 11 is 0.910. The van der Waals surface area contributed by atoms with Gasteiger partial charge in [-0.3, -0.25) is 14.5 Å². The molecule has 2 aliphatic rings. The van der Waals surface area contributed by atoms with Gasteiger partial charge in [0.05, 0.1) is 11.4 Å². The molecule has 6 nitrogen and oxygen atoms in total. The van der Waals surface area contributed by atoms with Gasteiger partial charge in [-0.05, 0) is 55.4 Å². The maximum atomic E-state index is 12.4. The Labute approximate surface area is 160 Å². The van der Waals surface area contributed by atoms with Crippen LogP contribution in [-0.4, -0.2) is 34.0 Å². The summed E-state index contributed by atoms with van der Waals surface area (Å²) < 4.78 is 12.9. The lowest BCUT2D eigenvalue weighted by atomic mass is 10.2. The third kappa shape index (κ3) is 2.88. The molecule has 0 unspecified atom stereocenters. The summed E-state index contributed by atoms with van der Waals surface area (Å²) in [7, 11) is 0. The highest BCUT2D eigenvalue weighted by Gasteiger charge is 2.34. The summed E-state index contributed by atoms with van der Waals surface area (Å²) in [5.74, 6) is 3.42. The van der Waals surface area contributed by atoms with Crippen molar-refractivity contribution in [2.75, 3.05) is 13.3 Å². The molecule has 136 valence electrons. The molecule has 0 bridgehead atoms. The van der Waals surface area contributed by atoms with Crippen molar-refractivity contribution < 1.29 is 19.1 Å². The molecule has 4 rings (SSSR count). The molecule has 0 atom stereocenters. The molecule has 0 aliphatic carbocycles. The molecule has 0 spiro atoms. The molecule has 0 N–H and O–H groups in total. The van der Waals surface area contributed by atoms with Crippen LogP contribution >= 0.6 is 11.8 Å². The van der Waals surface area contributed by atoms with Gasteiger partial charge in [-0.15, -0.1) is 6.42 Å². The Bertz CT molecular complexity index is 1040. The van der Waals surface area contributed by atoms with Crippen molar-refractivity contribution in [2.45, 2.75) is 13.8 Å². The fourth-order valence-corrected chi connectivity index (χ4v) is 4.05. The predicted octanol–water partition coefficient (Wildman–Crippen LogP) is 3.49. The average Bonchev–Trinajstić information content (AvgIpc) is 3.28. The number of aryl methyl sites for hydroxylation is 1. The fourth-order valence-electron chi connectivity index (χ4n) is 3.22. The highest BCUT2D eigenvalue weighted by Crippen LogP contribution is 2.36. The molecule has 1 aromatic carbocycles. The van der Waals surface area contributed by atoms with Crippen molar-refractivity contribution in [3.63, 3.8) is 0 Å². The number of thioether (sulfide) groups is 1. The number of amides is 2. The Kier molecular flexibility index (Phi) is 4.21. The molecule has 1 fully saturated rings. The minimum absolute atomic E-state index is 0.0156. The summed E-state index contributed by atoms with van der Waals surface area (Å²) in [6.07, 6.45) is 6.98. The summed E-state index contributed by atoms with van der Waals surface area (Å²) in [6.45, 7) is 4.16. The van der Waals surface area contributed by atoms with Crippen LogP contribution in [0.25, 0.3) is 11.8 Å². The first-order valence-corrected chi connectivity index (χ1v) is 9.09. The van der Waals surface area contributed by atoms with Crippen molar-refractivity contribution in [1.82, 2.24) is 9.47 Å². The van der Waals surface area contributed by atoms with Gasteiger partial charge in [-0.1, -0.05) is 5.92 Å². The summed E-state index contributed by atoms with van der Waals surface area (Å²) in [4.78, 5) is 25.8. The lowest BCUT2D eigenvalue weighted by molar-refractivity contribution is -0.122. The van der Waals surface area contributed by atoms with Gasteiger partial charge in [0.2, 0.25) is 6.79 Å². The number of carbonyl (C=O) groups excluding carboxylic acids is 2. The van der Waals surface area contributed by atoms with Crippen LogP contribution in [0.1, 0.15) is 17.0 Å². The number of nitrogens with zero attached hydrogens (tertiary/aromatic N) is 2. The van der Waals surface area contributed by atoms with Gasteiger partial charge >= 0.3 is 0 Å². The highest BCUT2D eigenvalue weighted by molar-refractivity contribution is 8.18. The Morgan fingerprint density at radius 1 is 1.22 bits per heavy atom. The first-order valence-electron chi connectivity index (χ1n) is 8.27. The van der Waals surface area contributed by atoms with Crippen LogP contribution in [0.15, 0.2) is 29.2 Å². The van der Waals surface area contributed by atoms with Crippen molar-refractivity contribution in [3.8, 4) is 29.5 Å². The number of carbonyl (C=O) groups is 2. The van der Waals surface area contributed by atoms with Crippen LogP contribution < -0.4 is 9.47 Å². The lowest BCUT2D eigenvalue weighted by Gasteiger charge is -2.10. The van der Waals surface area contributed by atoms with Gasteiger partial charge in [0.25, 0.3) is 11.1 Å². The Morgan fingerprint density at radius 2 is 2.00 bits per heavy atom. The molecule has 2 aromatic rings. The molecule has 3 heterocycles. The Hall–Kier alpha value is -3.11. The molecule has 27 heavy (non-hydrogen) atoms. The maximum absolute atomic E-state index is 12.4. The smallest absolute Gasteiger partial charge is 0.294 e. The van der Waals surface area contributed by atoms with E-state index in [0.29, 0.717) is 10.7 Å². The highest BCUT2D eigenvalue weighted by atomic mass is 32.2. The number of terminal acetylenes is 1. The van der Waals surface area contributed by atoms with E-state index in [4.69, 9.17) is 15.9 Å². The van der Waals surface area contributed by atoms with E-state index in [1.165, 1.54) is 0 Å². The number of benzene rings is 1. The number of hydrogen-bond acceptors (Lipinski definition) is 5.